The zero-order valence-electron chi connectivity index (χ0n) is 10.3. The van der Waals surface area contributed by atoms with Crippen LogP contribution in [-0.2, 0) is 0 Å². The molecule has 0 atom stereocenters. The first-order valence-corrected chi connectivity index (χ1v) is 5.33. The standard InChI is InChI=1S/C10H8FN5O.C2H4/c1-17-7-3-5(11)2-6-8(7)15-10(12)16-9(6)13-4-14-16;1-2/h2-4H,1H3,(H2,12,15);1-2H2. The summed E-state index contributed by atoms with van der Waals surface area (Å²) in [5.41, 5.74) is 6.64. The number of nitrogens with two attached hydrogens (primary N) is 1. The van der Waals surface area contributed by atoms with Crippen molar-refractivity contribution >= 4 is 22.5 Å². The number of benzene rings is 1. The van der Waals surface area contributed by atoms with Crippen LogP contribution in [0.2, 0.25) is 0 Å². The summed E-state index contributed by atoms with van der Waals surface area (Å²) in [6.45, 7) is 6.00. The van der Waals surface area contributed by atoms with Gasteiger partial charge in [0.05, 0.1) is 12.5 Å². The van der Waals surface area contributed by atoms with Crippen molar-refractivity contribution in [3.05, 3.63) is 37.4 Å². The summed E-state index contributed by atoms with van der Waals surface area (Å²) in [7, 11) is 1.44. The van der Waals surface area contributed by atoms with Gasteiger partial charge in [0.2, 0.25) is 5.95 Å². The van der Waals surface area contributed by atoms with E-state index in [-0.39, 0.29) is 5.95 Å². The Kier molecular flexibility index (Phi) is 3.28. The molecule has 0 saturated heterocycles. The molecule has 3 rings (SSSR count). The topological polar surface area (TPSA) is 78.3 Å². The van der Waals surface area contributed by atoms with Gasteiger partial charge in [-0.05, 0) is 6.07 Å². The van der Waals surface area contributed by atoms with Crippen molar-refractivity contribution < 1.29 is 9.13 Å². The van der Waals surface area contributed by atoms with E-state index in [1.165, 1.54) is 30.1 Å². The van der Waals surface area contributed by atoms with E-state index in [1.807, 2.05) is 0 Å². The van der Waals surface area contributed by atoms with Crippen molar-refractivity contribution in [2.24, 2.45) is 0 Å². The van der Waals surface area contributed by atoms with E-state index >= 15 is 0 Å². The molecule has 3 aromatic rings. The molecule has 19 heavy (non-hydrogen) atoms. The summed E-state index contributed by atoms with van der Waals surface area (Å²) < 4.78 is 19.8. The van der Waals surface area contributed by atoms with Gasteiger partial charge in [0.15, 0.2) is 5.65 Å². The van der Waals surface area contributed by atoms with E-state index in [2.05, 4.69) is 28.2 Å². The summed E-state index contributed by atoms with van der Waals surface area (Å²) in [5, 5.41) is 4.42. The Bertz CT molecular complexity index is 740. The predicted octanol–water partition coefficient (Wildman–Crippen LogP) is 1.81. The van der Waals surface area contributed by atoms with Gasteiger partial charge in [-0.15, -0.1) is 13.2 Å². The maximum atomic E-state index is 13.4. The molecule has 2 aromatic heterocycles. The van der Waals surface area contributed by atoms with Gasteiger partial charge in [-0.1, -0.05) is 0 Å². The monoisotopic (exact) mass is 261 g/mol. The molecule has 2 N–H and O–H groups in total. The van der Waals surface area contributed by atoms with E-state index < -0.39 is 5.82 Å². The van der Waals surface area contributed by atoms with Crippen LogP contribution in [0.3, 0.4) is 0 Å². The van der Waals surface area contributed by atoms with Crippen LogP contribution in [0.4, 0.5) is 10.3 Å². The fourth-order valence-electron chi connectivity index (χ4n) is 1.77. The van der Waals surface area contributed by atoms with Crippen LogP contribution < -0.4 is 10.5 Å². The highest BCUT2D eigenvalue weighted by atomic mass is 19.1. The molecule has 2 heterocycles. The van der Waals surface area contributed by atoms with Crippen molar-refractivity contribution in [2.45, 2.75) is 0 Å². The van der Waals surface area contributed by atoms with Crippen molar-refractivity contribution in [3.8, 4) is 5.75 Å². The first kappa shape index (κ1) is 12.7. The number of anilines is 1. The molecule has 0 bridgehead atoms. The van der Waals surface area contributed by atoms with Crippen molar-refractivity contribution in [3.63, 3.8) is 0 Å². The number of nitrogen functional groups attached to an aromatic ring is 1. The molecule has 0 aliphatic heterocycles. The molecule has 0 fully saturated rings. The van der Waals surface area contributed by atoms with Gasteiger partial charge in [0.1, 0.15) is 23.4 Å². The SMILES string of the molecule is C=C.COc1cc(F)cc2c1nc(N)n1ncnc21. The molecule has 0 radical (unpaired) electrons. The smallest absolute Gasteiger partial charge is 0.223 e. The number of methoxy groups -OCH3 is 1. The number of fused-ring (bicyclic) bond motifs is 3. The fraction of sp³-hybridized carbons (Fsp3) is 0.0833. The summed E-state index contributed by atoms with van der Waals surface area (Å²) in [5.74, 6) is 0.0675. The minimum absolute atomic E-state index is 0.176. The zero-order chi connectivity index (χ0) is 14.0. The molecule has 0 aliphatic carbocycles. The average molecular weight is 261 g/mol. The number of halogens is 1. The molecule has 0 unspecified atom stereocenters. The van der Waals surface area contributed by atoms with Crippen LogP contribution in [0.15, 0.2) is 31.6 Å². The number of ether oxygens (including phenoxy) is 1. The van der Waals surface area contributed by atoms with Crippen LogP contribution in [0.1, 0.15) is 0 Å². The number of nitrogens with zero attached hydrogens (tertiary/aromatic N) is 4. The van der Waals surface area contributed by atoms with Gasteiger partial charge < -0.3 is 10.5 Å². The Hall–Kier alpha value is -2.70. The lowest BCUT2D eigenvalue weighted by molar-refractivity contribution is 0.415. The number of hydrogen-bond acceptors (Lipinski definition) is 5. The Morgan fingerprint density at radius 1 is 1.37 bits per heavy atom. The van der Waals surface area contributed by atoms with E-state index in [1.54, 1.807) is 0 Å². The van der Waals surface area contributed by atoms with Crippen molar-refractivity contribution in [1.29, 1.82) is 0 Å². The molecule has 1 aromatic carbocycles. The van der Waals surface area contributed by atoms with E-state index in [9.17, 15) is 4.39 Å². The zero-order valence-corrected chi connectivity index (χ0v) is 10.3. The van der Waals surface area contributed by atoms with Crippen LogP contribution >= 0.6 is 0 Å². The maximum absolute atomic E-state index is 13.4. The van der Waals surface area contributed by atoms with Gasteiger partial charge in [-0.3, -0.25) is 0 Å². The third kappa shape index (κ3) is 1.95. The van der Waals surface area contributed by atoms with Crippen LogP contribution in [0.5, 0.6) is 5.75 Å². The van der Waals surface area contributed by atoms with Crippen LogP contribution in [0.25, 0.3) is 16.6 Å². The first-order chi connectivity index (χ1) is 9.20. The number of aromatic nitrogens is 4. The lowest BCUT2D eigenvalue weighted by Crippen LogP contribution is -2.03. The number of hydrogen-bond donors (Lipinski definition) is 1. The van der Waals surface area contributed by atoms with Crippen LogP contribution in [0, 0.1) is 5.82 Å². The molecule has 0 spiro atoms. The summed E-state index contributed by atoms with van der Waals surface area (Å²) in [4.78, 5) is 8.17. The van der Waals surface area contributed by atoms with Gasteiger partial charge in [0, 0.05) is 6.07 Å². The predicted molar refractivity (Wildman–Crippen MR) is 70.5 cm³/mol. The lowest BCUT2D eigenvalue weighted by Gasteiger charge is -2.07. The van der Waals surface area contributed by atoms with E-state index in [4.69, 9.17) is 10.5 Å². The molecule has 7 heteroatoms. The molecule has 6 nitrogen and oxygen atoms in total. The highest BCUT2D eigenvalue weighted by Crippen LogP contribution is 2.28. The van der Waals surface area contributed by atoms with Crippen molar-refractivity contribution in [2.75, 3.05) is 12.8 Å². The quantitative estimate of drug-likeness (QED) is 0.676. The minimum Gasteiger partial charge on any atom is -0.494 e. The number of rotatable bonds is 1. The third-order valence-electron chi connectivity index (χ3n) is 2.49. The highest BCUT2D eigenvalue weighted by molar-refractivity contribution is 5.95. The third-order valence-corrected chi connectivity index (χ3v) is 2.49. The molecular weight excluding hydrogens is 249 g/mol. The highest BCUT2D eigenvalue weighted by Gasteiger charge is 2.13. The second-order valence-corrected chi connectivity index (χ2v) is 3.47. The molecule has 98 valence electrons. The summed E-state index contributed by atoms with van der Waals surface area (Å²) in [6.07, 6.45) is 1.34. The minimum atomic E-state index is -0.425. The van der Waals surface area contributed by atoms with Crippen molar-refractivity contribution in [1.82, 2.24) is 19.6 Å². The molecule has 0 aliphatic rings. The first-order valence-electron chi connectivity index (χ1n) is 5.33. The van der Waals surface area contributed by atoms with E-state index in [0.717, 1.165) is 0 Å². The summed E-state index contributed by atoms with van der Waals surface area (Å²) >= 11 is 0. The Morgan fingerprint density at radius 3 is 2.79 bits per heavy atom. The summed E-state index contributed by atoms with van der Waals surface area (Å²) in [6, 6.07) is 2.58. The van der Waals surface area contributed by atoms with Gasteiger partial charge in [-0.2, -0.15) is 9.61 Å². The normalized spacial score (nSPS) is 10.2. The molecule has 0 saturated carbocycles. The second-order valence-electron chi connectivity index (χ2n) is 3.47. The van der Waals surface area contributed by atoms with Gasteiger partial charge in [-0.25, -0.2) is 14.4 Å². The lowest BCUT2D eigenvalue weighted by atomic mass is 10.2. The average Bonchev–Trinajstić information content (AvgIpc) is 2.91. The van der Waals surface area contributed by atoms with Crippen LogP contribution in [-0.4, -0.2) is 26.7 Å². The molecular formula is C12H12FN5O. The van der Waals surface area contributed by atoms with Gasteiger partial charge in [0.25, 0.3) is 0 Å². The van der Waals surface area contributed by atoms with Gasteiger partial charge >= 0.3 is 0 Å². The Balaban J connectivity index is 0.000000637. The Morgan fingerprint density at radius 2 is 2.11 bits per heavy atom. The second kappa shape index (κ2) is 4.89. The largest absolute Gasteiger partial charge is 0.494 e. The molecule has 0 amide bonds. The Labute approximate surface area is 108 Å². The van der Waals surface area contributed by atoms with E-state index in [0.29, 0.717) is 22.3 Å². The fourth-order valence-corrected chi connectivity index (χ4v) is 1.77. The maximum Gasteiger partial charge on any atom is 0.223 e.